The summed E-state index contributed by atoms with van der Waals surface area (Å²) in [5.74, 6) is -0.0322. The van der Waals surface area contributed by atoms with Gasteiger partial charge in [-0.25, -0.2) is 13.1 Å². The Bertz CT molecular complexity index is 475. The van der Waals surface area contributed by atoms with Gasteiger partial charge in [0.05, 0.1) is 5.75 Å². The highest BCUT2D eigenvalue weighted by molar-refractivity contribution is 7.88. The predicted molar refractivity (Wildman–Crippen MR) is 75.2 cm³/mol. The molecule has 4 nitrogen and oxygen atoms in total. The fraction of sp³-hybridized carbons (Fsp3) is 0.500. The fourth-order valence-corrected chi connectivity index (χ4v) is 2.91. The summed E-state index contributed by atoms with van der Waals surface area (Å²) >= 11 is 5.81. The van der Waals surface area contributed by atoms with Gasteiger partial charge in [0.25, 0.3) is 0 Å². The van der Waals surface area contributed by atoms with E-state index in [1.807, 2.05) is 19.0 Å². The van der Waals surface area contributed by atoms with Gasteiger partial charge in [-0.15, -0.1) is 0 Å². The molecule has 0 aromatic heterocycles. The van der Waals surface area contributed by atoms with Crippen LogP contribution in [0.5, 0.6) is 0 Å². The summed E-state index contributed by atoms with van der Waals surface area (Å²) in [6.45, 7) is 1.32. The molecule has 0 saturated carbocycles. The van der Waals surface area contributed by atoms with Crippen molar-refractivity contribution in [2.75, 3.05) is 27.2 Å². The number of sulfonamides is 1. The van der Waals surface area contributed by atoms with Gasteiger partial charge in [-0.2, -0.15) is 0 Å². The topological polar surface area (TPSA) is 49.4 Å². The van der Waals surface area contributed by atoms with Crippen molar-refractivity contribution in [3.63, 3.8) is 0 Å². The maximum absolute atomic E-state index is 11.8. The van der Waals surface area contributed by atoms with E-state index in [1.54, 1.807) is 24.3 Å². The lowest BCUT2D eigenvalue weighted by Crippen LogP contribution is -2.28. The van der Waals surface area contributed by atoms with Crippen molar-refractivity contribution in [3.8, 4) is 0 Å². The molecule has 6 heteroatoms. The summed E-state index contributed by atoms with van der Waals surface area (Å²) in [6, 6.07) is 6.90. The zero-order chi connectivity index (χ0) is 13.6. The molecule has 0 aliphatic heterocycles. The highest BCUT2D eigenvalue weighted by atomic mass is 35.5. The molecule has 0 heterocycles. The summed E-state index contributed by atoms with van der Waals surface area (Å²) in [5, 5.41) is 0.551. The van der Waals surface area contributed by atoms with Crippen LogP contribution in [0.2, 0.25) is 5.02 Å². The van der Waals surface area contributed by atoms with Crippen LogP contribution in [-0.4, -0.2) is 40.5 Å². The van der Waals surface area contributed by atoms with E-state index in [0.717, 1.165) is 13.0 Å². The van der Waals surface area contributed by atoms with E-state index in [-0.39, 0.29) is 5.75 Å². The molecule has 1 aromatic carbocycles. The number of halogens is 1. The molecule has 1 rings (SSSR count). The number of hydrogen-bond acceptors (Lipinski definition) is 3. The lowest BCUT2D eigenvalue weighted by molar-refractivity contribution is 0.400. The van der Waals surface area contributed by atoms with Crippen LogP contribution in [0.1, 0.15) is 12.0 Å². The third kappa shape index (κ3) is 6.35. The Morgan fingerprint density at radius 3 is 2.67 bits per heavy atom. The first-order chi connectivity index (χ1) is 8.39. The highest BCUT2D eigenvalue weighted by Gasteiger charge is 2.10. The van der Waals surface area contributed by atoms with Crippen LogP contribution in [0, 0.1) is 0 Å². The monoisotopic (exact) mass is 290 g/mol. The molecule has 1 N–H and O–H groups in total. The minimum atomic E-state index is -3.28. The third-order valence-electron chi connectivity index (χ3n) is 2.35. The van der Waals surface area contributed by atoms with E-state index >= 15 is 0 Å². The van der Waals surface area contributed by atoms with Gasteiger partial charge in [0.15, 0.2) is 0 Å². The average Bonchev–Trinajstić information content (AvgIpc) is 2.23. The van der Waals surface area contributed by atoms with Crippen molar-refractivity contribution in [3.05, 3.63) is 34.9 Å². The average molecular weight is 291 g/mol. The van der Waals surface area contributed by atoms with Crippen molar-refractivity contribution >= 4 is 21.6 Å². The van der Waals surface area contributed by atoms with Gasteiger partial charge in [0.1, 0.15) is 0 Å². The summed E-state index contributed by atoms with van der Waals surface area (Å²) in [4.78, 5) is 2.02. The molecule has 0 radical (unpaired) electrons. The van der Waals surface area contributed by atoms with Crippen LogP contribution >= 0.6 is 11.6 Å². The zero-order valence-corrected chi connectivity index (χ0v) is 12.3. The Balaban J connectivity index is 2.45. The van der Waals surface area contributed by atoms with E-state index in [1.165, 1.54) is 0 Å². The second kappa shape index (κ2) is 7.09. The Hall–Kier alpha value is -0.620. The molecular weight excluding hydrogens is 272 g/mol. The fourth-order valence-electron chi connectivity index (χ4n) is 1.52. The molecule has 0 aliphatic carbocycles. The van der Waals surface area contributed by atoms with Crippen LogP contribution < -0.4 is 4.72 Å². The van der Waals surface area contributed by atoms with Gasteiger partial charge < -0.3 is 4.90 Å². The molecule has 18 heavy (non-hydrogen) atoms. The van der Waals surface area contributed by atoms with Crippen LogP contribution in [-0.2, 0) is 15.8 Å². The standard InChI is InChI=1S/C12H19ClN2O2S/c1-15(2)8-4-7-14-18(16,17)10-11-5-3-6-12(13)9-11/h3,5-6,9,14H,4,7-8,10H2,1-2H3. The SMILES string of the molecule is CN(C)CCCNS(=O)(=O)Cc1cccc(Cl)c1. The molecule has 0 fully saturated rings. The molecule has 0 bridgehead atoms. The number of nitrogens with one attached hydrogen (secondary N) is 1. The molecule has 0 atom stereocenters. The Kier molecular flexibility index (Phi) is 6.08. The largest absolute Gasteiger partial charge is 0.309 e. The summed E-state index contributed by atoms with van der Waals surface area (Å²) < 4.78 is 26.2. The first kappa shape index (κ1) is 15.4. The van der Waals surface area contributed by atoms with Crippen molar-refractivity contribution < 1.29 is 8.42 Å². The van der Waals surface area contributed by atoms with Gasteiger partial charge in [-0.3, -0.25) is 0 Å². The van der Waals surface area contributed by atoms with E-state index in [4.69, 9.17) is 11.6 Å². The van der Waals surface area contributed by atoms with Gasteiger partial charge in [0.2, 0.25) is 10.0 Å². The van der Waals surface area contributed by atoms with Gasteiger partial charge in [0, 0.05) is 11.6 Å². The Morgan fingerprint density at radius 2 is 2.06 bits per heavy atom. The van der Waals surface area contributed by atoms with Crippen molar-refractivity contribution in [1.29, 1.82) is 0 Å². The minimum Gasteiger partial charge on any atom is -0.309 e. The second-order valence-corrected chi connectivity index (χ2v) is 6.68. The van der Waals surface area contributed by atoms with Crippen molar-refractivity contribution in [1.82, 2.24) is 9.62 Å². The normalized spacial score (nSPS) is 12.0. The van der Waals surface area contributed by atoms with Gasteiger partial charge >= 0.3 is 0 Å². The number of hydrogen-bond donors (Lipinski definition) is 1. The third-order valence-corrected chi connectivity index (χ3v) is 3.94. The first-order valence-electron chi connectivity index (χ1n) is 5.75. The molecule has 102 valence electrons. The number of nitrogens with zero attached hydrogens (tertiary/aromatic N) is 1. The summed E-state index contributed by atoms with van der Waals surface area (Å²) in [7, 11) is 0.641. The van der Waals surface area contributed by atoms with E-state index in [2.05, 4.69) is 4.72 Å². The van der Waals surface area contributed by atoms with Crippen LogP contribution in [0.4, 0.5) is 0 Å². The lowest BCUT2D eigenvalue weighted by Gasteiger charge is -2.10. The summed E-state index contributed by atoms with van der Waals surface area (Å²) in [5.41, 5.74) is 0.697. The first-order valence-corrected chi connectivity index (χ1v) is 7.78. The van der Waals surface area contributed by atoms with Crippen LogP contribution in [0.15, 0.2) is 24.3 Å². The molecule has 1 aromatic rings. The molecule has 0 aliphatic rings. The zero-order valence-electron chi connectivity index (χ0n) is 10.7. The summed E-state index contributed by atoms with van der Waals surface area (Å²) in [6.07, 6.45) is 0.793. The second-order valence-electron chi connectivity index (χ2n) is 4.44. The molecular formula is C12H19ClN2O2S. The Morgan fingerprint density at radius 1 is 1.33 bits per heavy atom. The minimum absolute atomic E-state index is 0.0322. The van der Waals surface area contributed by atoms with Crippen molar-refractivity contribution in [2.24, 2.45) is 0 Å². The van der Waals surface area contributed by atoms with Crippen LogP contribution in [0.3, 0.4) is 0 Å². The quantitative estimate of drug-likeness (QED) is 0.778. The Labute approximate surface area is 114 Å². The van der Waals surface area contributed by atoms with E-state index < -0.39 is 10.0 Å². The maximum atomic E-state index is 11.8. The smallest absolute Gasteiger partial charge is 0.215 e. The van der Waals surface area contributed by atoms with Crippen LogP contribution in [0.25, 0.3) is 0 Å². The van der Waals surface area contributed by atoms with E-state index in [9.17, 15) is 8.42 Å². The lowest BCUT2D eigenvalue weighted by atomic mass is 10.2. The maximum Gasteiger partial charge on any atom is 0.215 e. The van der Waals surface area contributed by atoms with Crippen molar-refractivity contribution in [2.45, 2.75) is 12.2 Å². The number of benzene rings is 1. The van der Waals surface area contributed by atoms with E-state index in [0.29, 0.717) is 17.1 Å². The number of rotatable bonds is 7. The van der Waals surface area contributed by atoms with Gasteiger partial charge in [-0.1, -0.05) is 23.7 Å². The predicted octanol–water partition coefficient (Wildman–Crippen LogP) is 1.71. The molecule has 0 saturated heterocycles. The van der Waals surface area contributed by atoms with Gasteiger partial charge in [-0.05, 0) is 44.8 Å². The molecule has 0 unspecified atom stereocenters. The molecule has 0 spiro atoms. The highest BCUT2D eigenvalue weighted by Crippen LogP contribution is 2.12. The molecule has 0 amide bonds.